The van der Waals surface area contributed by atoms with E-state index in [9.17, 15) is 9.18 Å². The van der Waals surface area contributed by atoms with Gasteiger partial charge >= 0.3 is 0 Å². The highest BCUT2D eigenvalue weighted by molar-refractivity contribution is 5.80. The van der Waals surface area contributed by atoms with E-state index in [0.29, 0.717) is 18.7 Å². The molecule has 1 aliphatic rings. The molecular formula is C20H20FN5O. The summed E-state index contributed by atoms with van der Waals surface area (Å²) in [5.74, 6) is -0.337. The molecule has 1 fully saturated rings. The van der Waals surface area contributed by atoms with Crippen LogP contribution in [0.1, 0.15) is 18.4 Å². The number of nitrogens with zero attached hydrogens (tertiary/aromatic N) is 4. The van der Waals surface area contributed by atoms with Gasteiger partial charge in [0.1, 0.15) is 11.3 Å². The van der Waals surface area contributed by atoms with Crippen LogP contribution in [-0.4, -0.2) is 33.9 Å². The van der Waals surface area contributed by atoms with Crippen molar-refractivity contribution < 1.29 is 9.18 Å². The highest BCUT2D eigenvalue weighted by Crippen LogP contribution is 2.24. The molecule has 3 aromatic rings. The summed E-state index contributed by atoms with van der Waals surface area (Å²) >= 11 is 0. The van der Waals surface area contributed by atoms with Gasteiger partial charge < -0.3 is 10.2 Å². The van der Waals surface area contributed by atoms with Crippen molar-refractivity contribution in [3.8, 4) is 0 Å². The number of hydrogen-bond donors (Lipinski definition) is 1. The molecular weight excluding hydrogens is 345 g/mol. The van der Waals surface area contributed by atoms with Gasteiger partial charge in [-0.1, -0.05) is 12.1 Å². The Kier molecular flexibility index (Phi) is 4.91. The van der Waals surface area contributed by atoms with Crippen molar-refractivity contribution in [3.05, 3.63) is 60.3 Å². The van der Waals surface area contributed by atoms with Crippen LogP contribution in [0.15, 0.2) is 48.9 Å². The molecule has 2 aromatic heterocycles. The van der Waals surface area contributed by atoms with E-state index in [2.05, 4.69) is 25.2 Å². The summed E-state index contributed by atoms with van der Waals surface area (Å²) in [6.07, 6.45) is 6.85. The normalized spacial score (nSPS) is 17.1. The van der Waals surface area contributed by atoms with Crippen molar-refractivity contribution in [2.24, 2.45) is 5.92 Å². The standard InChI is InChI=1S/C20H20FN5O/c21-16-5-3-14(4-6-16)11-25-20(27)15-2-1-9-26(13-15)17-10-18-19(24-12-17)23-8-7-22-18/h3-8,10,12,15H,1-2,9,11,13H2,(H,25,27). The second kappa shape index (κ2) is 7.65. The number of nitrogens with one attached hydrogen (secondary N) is 1. The average Bonchev–Trinajstić information content (AvgIpc) is 2.73. The van der Waals surface area contributed by atoms with Gasteiger partial charge in [-0.2, -0.15) is 0 Å². The lowest BCUT2D eigenvalue weighted by molar-refractivity contribution is -0.125. The topological polar surface area (TPSA) is 71.0 Å². The molecule has 3 heterocycles. The molecule has 27 heavy (non-hydrogen) atoms. The molecule has 1 saturated heterocycles. The largest absolute Gasteiger partial charge is 0.369 e. The predicted molar refractivity (Wildman–Crippen MR) is 101 cm³/mol. The maximum absolute atomic E-state index is 13.0. The number of hydrogen-bond acceptors (Lipinski definition) is 5. The zero-order valence-electron chi connectivity index (χ0n) is 14.8. The Labute approximate surface area is 156 Å². The third-order valence-electron chi connectivity index (χ3n) is 4.85. The average molecular weight is 365 g/mol. The molecule has 138 valence electrons. The molecule has 0 radical (unpaired) electrons. The minimum Gasteiger partial charge on any atom is -0.369 e. The summed E-state index contributed by atoms with van der Waals surface area (Å²) in [7, 11) is 0. The van der Waals surface area contributed by atoms with Gasteiger partial charge in [0.15, 0.2) is 5.65 Å². The Hall–Kier alpha value is -3.09. The molecule has 0 aliphatic carbocycles. The van der Waals surface area contributed by atoms with Gasteiger partial charge in [0, 0.05) is 32.0 Å². The van der Waals surface area contributed by atoms with Crippen molar-refractivity contribution >= 4 is 22.8 Å². The van der Waals surface area contributed by atoms with Gasteiger partial charge in [0.2, 0.25) is 5.91 Å². The van der Waals surface area contributed by atoms with E-state index in [1.807, 2.05) is 6.07 Å². The summed E-state index contributed by atoms with van der Waals surface area (Å²) in [5, 5.41) is 2.96. The zero-order valence-corrected chi connectivity index (χ0v) is 14.8. The van der Waals surface area contributed by atoms with Crippen molar-refractivity contribution in [1.29, 1.82) is 0 Å². The Balaban J connectivity index is 1.40. The Morgan fingerprint density at radius 1 is 1.19 bits per heavy atom. The van der Waals surface area contributed by atoms with Gasteiger partial charge in [-0.25, -0.2) is 14.4 Å². The number of carbonyl (C=O) groups is 1. The maximum atomic E-state index is 13.0. The Morgan fingerprint density at radius 2 is 2.00 bits per heavy atom. The molecule has 1 N–H and O–H groups in total. The summed E-state index contributed by atoms with van der Waals surface area (Å²) in [6, 6.07) is 8.14. The number of amides is 1. The number of benzene rings is 1. The fourth-order valence-corrected chi connectivity index (χ4v) is 3.38. The second-order valence-electron chi connectivity index (χ2n) is 6.72. The van der Waals surface area contributed by atoms with Crippen LogP contribution in [0.3, 0.4) is 0 Å². The van der Waals surface area contributed by atoms with E-state index < -0.39 is 0 Å². The quantitative estimate of drug-likeness (QED) is 0.770. The molecule has 1 amide bonds. The van der Waals surface area contributed by atoms with E-state index in [-0.39, 0.29) is 17.6 Å². The van der Waals surface area contributed by atoms with Gasteiger partial charge in [0.05, 0.1) is 17.8 Å². The van der Waals surface area contributed by atoms with Gasteiger partial charge in [-0.3, -0.25) is 9.78 Å². The number of pyridine rings is 1. The summed E-state index contributed by atoms with van der Waals surface area (Å²) in [4.78, 5) is 27.6. The van der Waals surface area contributed by atoms with Crippen LogP contribution in [-0.2, 0) is 11.3 Å². The van der Waals surface area contributed by atoms with Gasteiger partial charge in [-0.15, -0.1) is 0 Å². The third kappa shape index (κ3) is 4.02. The lowest BCUT2D eigenvalue weighted by Gasteiger charge is -2.33. The molecule has 6 nitrogen and oxygen atoms in total. The predicted octanol–water partition coefficient (Wildman–Crippen LogP) is 2.70. The molecule has 0 bridgehead atoms. The molecule has 1 unspecified atom stereocenters. The molecule has 1 aromatic carbocycles. The first-order valence-corrected chi connectivity index (χ1v) is 9.03. The number of piperidine rings is 1. The minimum absolute atomic E-state index is 0.0255. The van der Waals surface area contributed by atoms with Crippen molar-refractivity contribution in [1.82, 2.24) is 20.3 Å². The first kappa shape index (κ1) is 17.3. The van der Waals surface area contributed by atoms with E-state index in [0.717, 1.165) is 36.2 Å². The fourth-order valence-electron chi connectivity index (χ4n) is 3.38. The summed E-state index contributed by atoms with van der Waals surface area (Å²) in [5.41, 5.74) is 3.21. The summed E-state index contributed by atoms with van der Waals surface area (Å²) in [6.45, 7) is 1.93. The van der Waals surface area contributed by atoms with Crippen molar-refractivity contribution in [3.63, 3.8) is 0 Å². The number of carbonyl (C=O) groups excluding carboxylic acids is 1. The lowest BCUT2D eigenvalue weighted by atomic mass is 9.96. The van der Waals surface area contributed by atoms with E-state index in [1.165, 1.54) is 12.1 Å². The van der Waals surface area contributed by atoms with Gasteiger partial charge in [0.25, 0.3) is 0 Å². The van der Waals surface area contributed by atoms with E-state index in [4.69, 9.17) is 0 Å². The molecule has 1 aliphatic heterocycles. The number of anilines is 1. The number of rotatable bonds is 4. The fraction of sp³-hybridized carbons (Fsp3) is 0.300. The van der Waals surface area contributed by atoms with Crippen molar-refractivity contribution in [2.75, 3.05) is 18.0 Å². The van der Waals surface area contributed by atoms with Crippen LogP contribution >= 0.6 is 0 Å². The van der Waals surface area contributed by atoms with Crippen LogP contribution in [0.5, 0.6) is 0 Å². The number of halogens is 1. The van der Waals surface area contributed by atoms with Crippen LogP contribution in [0, 0.1) is 11.7 Å². The molecule has 0 spiro atoms. The minimum atomic E-state index is -0.276. The van der Waals surface area contributed by atoms with Crippen LogP contribution in [0.2, 0.25) is 0 Å². The first-order valence-electron chi connectivity index (χ1n) is 9.03. The summed E-state index contributed by atoms with van der Waals surface area (Å²) < 4.78 is 13.0. The lowest BCUT2D eigenvalue weighted by Crippen LogP contribution is -2.43. The number of aromatic nitrogens is 3. The molecule has 4 rings (SSSR count). The van der Waals surface area contributed by atoms with Crippen molar-refractivity contribution in [2.45, 2.75) is 19.4 Å². The molecule has 7 heteroatoms. The maximum Gasteiger partial charge on any atom is 0.225 e. The van der Waals surface area contributed by atoms with Gasteiger partial charge in [-0.05, 0) is 36.6 Å². The number of fused-ring (bicyclic) bond motifs is 1. The highest BCUT2D eigenvalue weighted by Gasteiger charge is 2.26. The zero-order chi connectivity index (χ0) is 18.6. The van der Waals surface area contributed by atoms with Crippen LogP contribution < -0.4 is 10.2 Å². The third-order valence-corrected chi connectivity index (χ3v) is 4.85. The molecule has 1 atom stereocenters. The van der Waals surface area contributed by atoms with Crippen LogP contribution in [0.25, 0.3) is 11.2 Å². The highest BCUT2D eigenvalue weighted by atomic mass is 19.1. The second-order valence-corrected chi connectivity index (χ2v) is 6.72. The monoisotopic (exact) mass is 365 g/mol. The smallest absolute Gasteiger partial charge is 0.225 e. The first-order chi connectivity index (χ1) is 13.2. The molecule has 0 saturated carbocycles. The van der Waals surface area contributed by atoms with Crippen LogP contribution in [0.4, 0.5) is 10.1 Å². The Morgan fingerprint density at radius 3 is 2.85 bits per heavy atom. The van der Waals surface area contributed by atoms with E-state index in [1.54, 1.807) is 30.7 Å². The Bertz CT molecular complexity index is 947. The van der Waals surface area contributed by atoms with E-state index >= 15 is 0 Å². The SMILES string of the molecule is O=C(NCc1ccc(F)cc1)C1CCCN(c2cnc3nccnc3c2)C1.